The standard InChI is InChI=1S/C13H27N3/c1-3-16(4-2)13(9-5-6-10-13)12(15-14)11-7-8-11/h11-12,15H,3-10,14H2,1-2H3. The van der Waals surface area contributed by atoms with Gasteiger partial charge in [0.1, 0.15) is 0 Å². The molecule has 0 aromatic heterocycles. The van der Waals surface area contributed by atoms with Gasteiger partial charge in [-0.1, -0.05) is 26.7 Å². The average Bonchev–Trinajstić information content (AvgIpc) is 3.00. The van der Waals surface area contributed by atoms with Crippen molar-refractivity contribution in [2.24, 2.45) is 11.8 Å². The fourth-order valence-electron chi connectivity index (χ4n) is 3.82. The molecule has 0 saturated heterocycles. The fourth-order valence-corrected chi connectivity index (χ4v) is 3.82. The van der Waals surface area contributed by atoms with Crippen LogP contribution in [0.4, 0.5) is 0 Å². The van der Waals surface area contributed by atoms with Crippen molar-refractivity contribution in [3.63, 3.8) is 0 Å². The molecule has 0 aromatic carbocycles. The van der Waals surface area contributed by atoms with E-state index in [0.29, 0.717) is 11.6 Å². The van der Waals surface area contributed by atoms with Crippen molar-refractivity contribution < 1.29 is 0 Å². The van der Waals surface area contributed by atoms with Crippen LogP contribution in [0.5, 0.6) is 0 Å². The van der Waals surface area contributed by atoms with Gasteiger partial charge in [0.2, 0.25) is 0 Å². The minimum absolute atomic E-state index is 0.361. The minimum atomic E-state index is 0.361. The molecular formula is C13H27N3. The average molecular weight is 225 g/mol. The van der Waals surface area contributed by atoms with Crippen LogP contribution < -0.4 is 11.3 Å². The second-order valence-corrected chi connectivity index (χ2v) is 5.46. The predicted molar refractivity (Wildman–Crippen MR) is 68.0 cm³/mol. The Bertz CT molecular complexity index is 215. The van der Waals surface area contributed by atoms with Gasteiger partial charge in [0.05, 0.1) is 0 Å². The van der Waals surface area contributed by atoms with Gasteiger partial charge in [0.15, 0.2) is 0 Å². The van der Waals surface area contributed by atoms with E-state index in [-0.39, 0.29) is 0 Å². The number of likely N-dealkylation sites (N-methyl/N-ethyl adjacent to an activating group) is 1. The lowest BCUT2D eigenvalue weighted by atomic mass is 9.83. The van der Waals surface area contributed by atoms with E-state index in [4.69, 9.17) is 5.84 Å². The highest BCUT2D eigenvalue weighted by atomic mass is 15.3. The Morgan fingerprint density at radius 1 is 1.25 bits per heavy atom. The van der Waals surface area contributed by atoms with Crippen LogP contribution in [0.3, 0.4) is 0 Å². The molecule has 2 aliphatic rings. The Morgan fingerprint density at radius 2 is 1.81 bits per heavy atom. The monoisotopic (exact) mass is 225 g/mol. The van der Waals surface area contributed by atoms with Crippen molar-refractivity contribution in [3.8, 4) is 0 Å². The van der Waals surface area contributed by atoms with Crippen LogP contribution in [-0.2, 0) is 0 Å². The maximum atomic E-state index is 5.85. The van der Waals surface area contributed by atoms with Crippen LogP contribution in [-0.4, -0.2) is 29.6 Å². The van der Waals surface area contributed by atoms with E-state index in [0.717, 1.165) is 19.0 Å². The number of hydrazine groups is 1. The predicted octanol–water partition coefficient (Wildman–Crippen LogP) is 1.88. The van der Waals surface area contributed by atoms with E-state index < -0.39 is 0 Å². The molecule has 2 fully saturated rings. The second-order valence-electron chi connectivity index (χ2n) is 5.46. The first-order chi connectivity index (χ1) is 7.78. The summed E-state index contributed by atoms with van der Waals surface area (Å²) < 4.78 is 0. The van der Waals surface area contributed by atoms with Crippen LogP contribution in [0.1, 0.15) is 52.4 Å². The van der Waals surface area contributed by atoms with Crippen LogP contribution in [0.2, 0.25) is 0 Å². The number of rotatable bonds is 6. The summed E-state index contributed by atoms with van der Waals surface area (Å²) in [5, 5.41) is 0. The Morgan fingerprint density at radius 3 is 2.19 bits per heavy atom. The zero-order chi connectivity index (χ0) is 11.6. The molecule has 2 aliphatic carbocycles. The molecule has 0 spiro atoms. The van der Waals surface area contributed by atoms with Crippen LogP contribution >= 0.6 is 0 Å². The normalized spacial score (nSPS) is 26.2. The Kier molecular flexibility index (Phi) is 3.88. The van der Waals surface area contributed by atoms with Crippen molar-refractivity contribution in [2.45, 2.75) is 64.0 Å². The third-order valence-electron chi connectivity index (χ3n) is 4.71. The van der Waals surface area contributed by atoms with E-state index in [9.17, 15) is 0 Å². The summed E-state index contributed by atoms with van der Waals surface area (Å²) in [7, 11) is 0. The third-order valence-corrected chi connectivity index (χ3v) is 4.71. The number of hydrogen-bond acceptors (Lipinski definition) is 3. The molecule has 3 heteroatoms. The maximum absolute atomic E-state index is 5.85. The molecular weight excluding hydrogens is 198 g/mol. The molecule has 0 aliphatic heterocycles. The molecule has 2 rings (SSSR count). The minimum Gasteiger partial charge on any atom is -0.297 e. The van der Waals surface area contributed by atoms with Gasteiger partial charge in [-0.2, -0.15) is 0 Å². The van der Waals surface area contributed by atoms with Gasteiger partial charge in [0, 0.05) is 11.6 Å². The van der Waals surface area contributed by atoms with E-state index in [1.54, 1.807) is 0 Å². The summed E-state index contributed by atoms with van der Waals surface area (Å²) >= 11 is 0. The molecule has 0 heterocycles. The Hall–Kier alpha value is -0.120. The highest BCUT2D eigenvalue weighted by Gasteiger charge is 2.50. The quantitative estimate of drug-likeness (QED) is 0.536. The molecule has 0 amide bonds. The van der Waals surface area contributed by atoms with Gasteiger partial charge in [-0.15, -0.1) is 0 Å². The van der Waals surface area contributed by atoms with Crippen molar-refractivity contribution >= 4 is 0 Å². The highest BCUT2D eigenvalue weighted by Crippen LogP contribution is 2.46. The van der Waals surface area contributed by atoms with Gasteiger partial charge in [-0.05, 0) is 44.7 Å². The molecule has 1 unspecified atom stereocenters. The lowest BCUT2D eigenvalue weighted by molar-refractivity contribution is 0.0545. The summed E-state index contributed by atoms with van der Waals surface area (Å²) in [6.45, 7) is 6.87. The topological polar surface area (TPSA) is 41.3 Å². The van der Waals surface area contributed by atoms with Crippen LogP contribution in [0, 0.1) is 5.92 Å². The molecule has 0 aromatic rings. The first-order valence-electron chi connectivity index (χ1n) is 6.99. The van der Waals surface area contributed by atoms with Crippen molar-refractivity contribution in [1.29, 1.82) is 0 Å². The number of hydrogen-bond donors (Lipinski definition) is 2. The Balaban J connectivity index is 2.18. The van der Waals surface area contributed by atoms with Crippen molar-refractivity contribution in [1.82, 2.24) is 10.3 Å². The summed E-state index contributed by atoms with van der Waals surface area (Å²) in [5.41, 5.74) is 3.51. The van der Waals surface area contributed by atoms with Gasteiger partial charge < -0.3 is 0 Å². The first kappa shape index (κ1) is 12.3. The molecule has 3 nitrogen and oxygen atoms in total. The molecule has 94 valence electrons. The van der Waals surface area contributed by atoms with E-state index >= 15 is 0 Å². The van der Waals surface area contributed by atoms with Crippen molar-refractivity contribution in [3.05, 3.63) is 0 Å². The molecule has 0 radical (unpaired) electrons. The number of nitrogens with zero attached hydrogens (tertiary/aromatic N) is 1. The zero-order valence-corrected chi connectivity index (χ0v) is 10.8. The maximum Gasteiger partial charge on any atom is 0.0422 e. The summed E-state index contributed by atoms with van der Waals surface area (Å²) in [5.74, 6) is 6.69. The summed E-state index contributed by atoms with van der Waals surface area (Å²) in [4.78, 5) is 2.66. The second kappa shape index (κ2) is 5.03. The molecule has 2 saturated carbocycles. The van der Waals surface area contributed by atoms with Gasteiger partial charge in [0.25, 0.3) is 0 Å². The smallest absolute Gasteiger partial charge is 0.0422 e. The molecule has 16 heavy (non-hydrogen) atoms. The zero-order valence-electron chi connectivity index (χ0n) is 10.8. The Labute approximate surface area is 99.7 Å². The molecule has 0 bridgehead atoms. The van der Waals surface area contributed by atoms with Gasteiger partial charge in [-0.3, -0.25) is 16.2 Å². The van der Waals surface area contributed by atoms with E-state index in [1.807, 2.05) is 0 Å². The lowest BCUT2D eigenvalue weighted by Crippen LogP contribution is -2.62. The SMILES string of the molecule is CCN(CC)C1(C(NN)C2CC2)CCCC1. The van der Waals surface area contributed by atoms with Crippen LogP contribution in [0.25, 0.3) is 0 Å². The summed E-state index contributed by atoms with van der Waals surface area (Å²) in [6.07, 6.45) is 8.17. The first-order valence-corrected chi connectivity index (χ1v) is 6.99. The number of nitrogens with one attached hydrogen (secondary N) is 1. The van der Waals surface area contributed by atoms with E-state index in [1.165, 1.54) is 38.5 Å². The largest absolute Gasteiger partial charge is 0.297 e. The third kappa shape index (κ3) is 2.01. The van der Waals surface area contributed by atoms with Gasteiger partial charge >= 0.3 is 0 Å². The number of nitrogens with two attached hydrogens (primary N) is 1. The highest BCUT2D eigenvalue weighted by molar-refractivity contribution is 5.07. The van der Waals surface area contributed by atoms with Crippen molar-refractivity contribution in [2.75, 3.05) is 13.1 Å². The molecule has 1 atom stereocenters. The summed E-state index contributed by atoms with van der Waals surface area (Å²) in [6, 6.07) is 0.523. The molecule has 3 N–H and O–H groups in total. The van der Waals surface area contributed by atoms with Gasteiger partial charge in [-0.25, -0.2) is 0 Å². The fraction of sp³-hybridized carbons (Fsp3) is 1.00. The van der Waals surface area contributed by atoms with Crippen LogP contribution in [0.15, 0.2) is 0 Å². The lowest BCUT2D eigenvalue weighted by Gasteiger charge is -2.46. The van der Waals surface area contributed by atoms with E-state index in [2.05, 4.69) is 24.2 Å².